The van der Waals surface area contributed by atoms with Gasteiger partial charge in [-0.05, 0) is 62.1 Å². The first-order chi connectivity index (χ1) is 18.3. The summed E-state index contributed by atoms with van der Waals surface area (Å²) in [4.78, 5) is 44.9. The third kappa shape index (κ3) is 5.01. The second kappa shape index (κ2) is 10.5. The first kappa shape index (κ1) is 25.9. The second-order valence-corrected chi connectivity index (χ2v) is 11.2. The van der Waals surface area contributed by atoms with Crippen molar-refractivity contribution < 1.29 is 32.0 Å². The number of furan rings is 1. The summed E-state index contributed by atoms with van der Waals surface area (Å²) in [6.45, 7) is 0.160. The minimum Gasteiger partial charge on any atom is -0.497 e. The van der Waals surface area contributed by atoms with Gasteiger partial charge in [0.05, 0.1) is 19.7 Å². The normalized spacial score (nSPS) is 20.9. The molecular formula is C26H28N4O7S. The number of aromatic nitrogens is 1. The number of hydrogen-bond donors (Lipinski definition) is 1. The van der Waals surface area contributed by atoms with E-state index in [-0.39, 0.29) is 23.9 Å². The van der Waals surface area contributed by atoms with E-state index < -0.39 is 39.7 Å². The minimum absolute atomic E-state index is 0.119. The van der Waals surface area contributed by atoms with E-state index >= 15 is 0 Å². The smallest absolute Gasteiger partial charge is 0.290 e. The average Bonchev–Trinajstić information content (AvgIpc) is 3.54. The molecule has 200 valence electrons. The van der Waals surface area contributed by atoms with Crippen LogP contribution in [0.5, 0.6) is 5.75 Å². The zero-order chi connectivity index (χ0) is 26.9. The Bertz CT molecular complexity index is 1470. The van der Waals surface area contributed by atoms with E-state index in [1.165, 1.54) is 17.2 Å². The molecule has 2 fully saturated rings. The number of rotatable bonds is 6. The van der Waals surface area contributed by atoms with Crippen LogP contribution in [-0.2, 0) is 19.6 Å². The number of amides is 2. The minimum atomic E-state index is -3.93. The van der Waals surface area contributed by atoms with Gasteiger partial charge < -0.3 is 19.4 Å². The summed E-state index contributed by atoms with van der Waals surface area (Å²) in [5, 5.41) is 3.36. The average molecular weight is 541 g/mol. The lowest BCUT2D eigenvalue weighted by molar-refractivity contribution is -0.130. The number of benzene rings is 1. The SMILES string of the molecule is COc1ccc2oc(C(=O)N3CCC[C@H]3C(=O)NC3CCCN(S(=O)(=O)c4ccccn4)CC3=O)cc2c1. The lowest BCUT2D eigenvalue weighted by Crippen LogP contribution is -2.51. The van der Waals surface area contributed by atoms with Crippen LogP contribution in [-0.4, -0.2) is 79.0 Å². The number of pyridine rings is 1. The van der Waals surface area contributed by atoms with E-state index in [1.807, 2.05) is 0 Å². The molecule has 0 spiro atoms. The van der Waals surface area contributed by atoms with Gasteiger partial charge in [0.25, 0.3) is 15.9 Å². The predicted molar refractivity (Wildman–Crippen MR) is 136 cm³/mol. The Hall–Kier alpha value is -3.77. The maximum absolute atomic E-state index is 13.3. The van der Waals surface area contributed by atoms with Gasteiger partial charge >= 0.3 is 0 Å². The zero-order valence-corrected chi connectivity index (χ0v) is 21.6. The van der Waals surface area contributed by atoms with Gasteiger partial charge in [-0.3, -0.25) is 14.4 Å². The van der Waals surface area contributed by atoms with Gasteiger partial charge in [0.15, 0.2) is 16.6 Å². The van der Waals surface area contributed by atoms with Gasteiger partial charge in [-0.15, -0.1) is 0 Å². The molecule has 2 aliphatic rings. The van der Waals surface area contributed by atoms with E-state index in [1.54, 1.807) is 43.5 Å². The summed E-state index contributed by atoms with van der Waals surface area (Å²) >= 11 is 0. The molecule has 2 atom stereocenters. The first-order valence-electron chi connectivity index (χ1n) is 12.4. The van der Waals surface area contributed by atoms with Crippen molar-refractivity contribution in [3.63, 3.8) is 0 Å². The largest absolute Gasteiger partial charge is 0.497 e. The molecule has 12 heteroatoms. The van der Waals surface area contributed by atoms with Gasteiger partial charge in [-0.25, -0.2) is 13.4 Å². The highest BCUT2D eigenvalue weighted by Crippen LogP contribution is 2.27. The van der Waals surface area contributed by atoms with Crippen LogP contribution in [0.4, 0.5) is 0 Å². The van der Waals surface area contributed by atoms with Crippen LogP contribution in [0.25, 0.3) is 11.0 Å². The fraction of sp³-hybridized carbons (Fsp3) is 0.385. The van der Waals surface area contributed by atoms with Crippen molar-refractivity contribution in [1.29, 1.82) is 0 Å². The highest BCUT2D eigenvalue weighted by Gasteiger charge is 2.39. The van der Waals surface area contributed by atoms with E-state index in [0.29, 0.717) is 48.9 Å². The third-order valence-corrected chi connectivity index (χ3v) is 8.69. The van der Waals surface area contributed by atoms with Gasteiger partial charge in [-0.1, -0.05) is 6.07 Å². The van der Waals surface area contributed by atoms with E-state index in [0.717, 1.165) is 4.31 Å². The molecule has 3 aromatic rings. The van der Waals surface area contributed by atoms with Gasteiger partial charge in [0, 0.05) is 24.7 Å². The molecule has 5 rings (SSSR count). The number of Topliss-reactive ketones (excluding diaryl/α,β-unsaturated/α-hetero) is 1. The molecule has 2 aliphatic heterocycles. The van der Waals surface area contributed by atoms with E-state index in [4.69, 9.17) is 9.15 Å². The molecule has 11 nitrogen and oxygen atoms in total. The number of ether oxygens (including phenoxy) is 1. The van der Waals surface area contributed by atoms with Crippen LogP contribution in [0.1, 0.15) is 36.2 Å². The summed E-state index contributed by atoms with van der Waals surface area (Å²) in [5.41, 5.74) is 0.531. The fourth-order valence-corrected chi connectivity index (χ4v) is 6.31. The first-order valence-corrected chi connectivity index (χ1v) is 13.8. The lowest BCUT2D eigenvalue weighted by Gasteiger charge is -2.25. The lowest BCUT2D eigenvalue weighted by atomic mass is 10.1. The predicted octanol–water partition coefficient (Wildman–Crippen LogP) is 1.98. The van der Waals surface area contributed by atoms with Gasteiger partial charge in [0.2, 0.25) is 5.91 Å². The summed E-state index contributed by atoms with van der Waals surface area (Å²) in [6, 6.07) is 9.80. The summed E-state index contributed by atoms with van der Waals surface area (Å²) < 4.78 is 37.9. The maximum atomic E-state index is 13.3. The fourth-order valence-electron chi connectivity index (χ4n) is 4.93. The van der Waals surface area contributed by atoms with Crippen LogP contribution in [0, 0.1) is 0 Å². The number of nitrogens with one attached hydrogen (secondary N) is 1. The summed E-state index contributed by atoms with van der Waals surface area (Å²) in [6.07, 6.45) is 3.15. The van der Waals surface area contributed by atoms with Crippen molar-refractivity contribution >= 4 is 38.6 Å². The van der Waals surface area contributed by atoms with E-state index in [9.17, 15) is 22.8 Å². The number of ketones is 1. The van der Waals surface area contributed by atoms with Crippen LogP contribution >= 0.6 is 0 Å². The molecule has 2 saturated heterocycles. The van der Waals surface area contributed by atoms with Crippen molar-refractivity contribution in [2.24, 2.45) is 0 Å². The van der Waals surface area contributed by atoms with Gasteiger partial charge in [0.1, 0.15) is 17.4 Å². The molecule has 38 heavy (non-hydrogen) atoms. The number of methoxy groups -OCH3 is 1. The number of fused-ring (bicyclic) bond motifs is 1. The van der Waals surface area contributed by atoms with Crippen molar-refractivity contribution in [2.45, 2.75) is 42.8 Å². The van der Waals surface area contributed by atoms with Crippen LogP contribution < -0.4 is 10.1 Å². The summed E-state index contributed by atoms with van der Waals surface area (Å²) in [5.74, 6) is -0.493. The van der Waals surface area contributed by atoms with Crippen molar-refractivity contribution in [3.05, 3.63) is 54.4 Å². The number of likely N-dealkylation sites (tertiary alicyclic amines) is 1. The molecule has 1 N–H and O–H groups in total. The van der Waals surface area contributed by atoms with Crippen LogP contribution in [0.3, 0.4) is 0 Å². The topological polar surface area (TPSA) is 139 Å². The van der Waals surface area contributed by atoms with Crippen LogP contribution in [0.2, 0.25) is 0 Å². The molecule has 2 amide bonds. The Morgan fingerprint density at radius 2 is 1.92 bits per heavy atom. The Balaban J connectivity index is 1.26. The third-order valence-electron chi connectivity index (χ3n) is 6.93. The Morgan fingerprint density at radius 3 is 2.68 bits per heavy atom. The monoisotopic (exact) mass is 540 g/mol. The molecule has 4 heterocycles. The molecular weight excluding hydrogens is 512 g/mol. The number of hydrogen-bond acceptors (Lipinski definition) is 8. The number of carbonyl (C=O) groups excluding carboxylic acids is 3. The Morgan fingerprint density at radius 1 is 1.11 bits per heavy atom. The molecule has 0 saturated carbocycles. The maximum Gasteiger partial charge on any atom is 0.290 e. The highest BCUT2D eigenvalue weighted by atomic mass is 32.2. The van der Waals surface area contributed by atoms with Crippen LogP contribution in [0.15, 0.2) is 58.1 Å². The highest BCUT2D eigenvalue weighted by molar-refractivity contribution is 7.89. The molecule has 1 aromatic carbocycles. The standard InChI is InChI=1S/C26H28N4O7S/c1-36-18-9-10-22-17(14-18)15-23(37-22)26(33)30-13-5-7-20(30)25(32)28-19-6-4-12-29(16-21(19)31)38(34,35)24-8-2-3-11-27-24/h2-3,8-11,14-15,19-20H,4-7,12-13,16H2,1H3,(H,28,32)/t19?,20-/m0/s1. The van der Waals surface area contributed by atoms with E-state index in [2.05, 4.69) is 10.3 Å². The Kier molecular flexibility index (Phi) is 7.17. The zero-order valence-electron chi connectivity index (χ0n) is 20.8. The molecule has 1 unspecified atom stereocenters. The molecule has 2 aromatic heterocycles. The van der Waals surface area contributed by atoms with Crippen molar-refractivity contribution in [1.82, 2.24) is 19.5 Å². The molecule has 0 bridgehead atoms. The molecule has 0 radical (unpaired) electrons. The quantitative estimate of drug-likeness (QED) is 0.501. The number of carbonyl (C=O) groups is 3. The molecule has 0 aliphatic carbocycles. The van der Waals surface area contributed by atoms with Crippen molar-refractivity contribution in [2.75, 3.05) is 26.7 Å². The summed E-state index contributed by atoms with van der Waals surface area (Å²) in [7, 11) is -2.38. The Labute approximate surface area is 219 Å². The second-order valence-electron chi connectivity index (χ2n) is 9.35. The number of nitrogens with zero attached hydrogens (tertiary/aromatic N) is 3. The van der Waals surface area contributed by atoms with Crippen molar-refractivity contribution in [3.8, 4) is 5.75 Å². The van der Waals surface area contributed by atoms with Gasteiger partial charge in [-0.2, -0.15) is 4.31 Å². The number of sulfonamides is 1.